The normalized spacial score (nSPS) is 23.9. The zero-order chi connectivity index (χ0) is 13.0. The van der Waals surface area contributed by atoms with E-state index in [1.165, 1.54) is 36.8 Å². The minimum absolute atomic E-state index is 0.415. The summed E-state index contributed by atoms with van der Waals surface area (Å²) in [6.07, 6.45) is 5.38. The highest BCUT2D eigenvalue weighted by Gasteiger charge is 2.22. The molecule has 1 aromatic rings. The lowest BCUT2D eigenvalue weighted by Crippen LogP contribution is -2.29. The van der Waals surface area contributed by atoms with Gasteiger partial charge in [0, 0.05) is 0 Å². The van der Waals surface area contributed by atoms with E-state index >= 15 is 0 Å². The van der Waals surface area contributed by atoms with Crippen LogP contribution < -0.4 is 10.1 Å². The van der Waals surface area contributed by atoms with Crippen molar-refractivity contribution in [2.24, 2.45) is 5.92 Å². The van der Waals surface area contributed by atoms with E-state index in [0.29, 0.717) is 6.10 Å². The third kappa shape index (κ3) is 3.26. The van der Waals surface area contributed by atoms with E-state index in [0.717, 1.165) is 18.2 Å². The van der Waals surface area contributed by atoms with Gasteiger partial charge in [0.05, 0.1) is 6.10 Å². The summed E-state index contributed by atoms with van der Waals surface area (Å²) in [5.41, 5.74) is 2.60. The fraction of sp³-hybridized carbons (Fsp3) is 0.625. The SMILES string of the molecule is CNCC1CCC(Oc2cccc(C)c2C)CC1. The smallest absolute Gasteiger partial charge is 0.122 e. The van der Waals surface area contributed by atoms with E-state index in [2.05, 4.69) is 37.4 Å². The maximum Gasteiger partial charge on any atom is 0.122 e. The fourth-order valence-corrected chi connectivity index (χ4v) is 2.77. The monoisotopic (exact) mass is 247 g/mol. The van der Waals surface area contributed by atoms with Crippen molar-refractivity contribution < 1.29 is 4.74 Å². The van der Waals surface area contributed by atoms with Gasteiger partial charge in [0.1, 0.15) is 5.75 Å². The first-order valence-corrected chi connectivity index (χ1v) is 7.08. The van der Waals surface area contributed by atoms with Gasteiger partial charge in [0.2, 0.25) is 0 Å². The lowest BCUT2D eigenvalue weighted by atomic mass is 9.87. The molecule has 100 valence electrons. The van der Waals surface area contributed by atoms with E-state index in [9.17, 15) is 0 Å². The number of rotatable bonds is 4. The molecule has 0 spiro atoms. The van der Waals surface area contributed by atoms with Gasteiger partial charge in [-0.1, -0.05) is 12.1 Å². The third-order valence-electron chi connectivity index (χ3n) is 4.14. The highest BCUT2D eigenvalue weighted by Crippen LogP contribution is 2.29. The molecule has 1 fully saturated rings. The summed E-state index contributed by atoms with van der Waals surface area (Å²) < 4.78 is 6.17. The van der Waals surface area contributed by atoms with E-state index in [1.807, 2.05) is 7.05 Å². The Morgan fingerprint density at radius 2 is 1.89 bits per heavy atom. The average Bonchev–Trinajstić information content (AvgIpc) is 2.38. The van der Waals surface area contributed by atoms with Crippen LogP contribution in [-0.4, -0.2) is 19.7 Å². The first kappa shape index (κ1) is 13.4. The van der Waals surface area contributed by atoms with Gasteiger partial charge in [-0.2, -0.15) is 0 Å². The molecule has 0 saturated heterocycles. The van der Waals surface area contributed by atoms with Crippen LogP contribution >= 0.6 is 0 Å². The Balaban J connectivity index is 1.90. The summed E-state index contributed by atoms with van der Waals surface area (Å²) in [5, 5.41) is 3.28. The summed E-state index contributed by atoms with van der Waals surface area (Å²) in [5.74, 6) is 1.92. The second kappa shape index (κ2) is 6.24. The van der Waals surface area contributed by atoms with Crippen molar-refractivity contribution in [2.45, 2.75) is 45.6 Å². The van der Waals surface area contributed by atoms with Gasteiger partial charge >= 0.3 is 0 Å². The zero-order valence-electron chi connectivity index (χ0n) is 11.8. The van der Waals surface area contributed by atoms with Crippen LogP contribution in [0.3, 0.4) is 0 Å². The standard InChI is InChI=1S/C16H25NO/c1-12-5-4-6-16(13(12)2)18-15-9-7-14(8-10-15)11-17-3/h4-6,14-15,17H,7-11H2,1-3H3. The van der Waals surface area contributed by atoms with E-state index in [1.54, 1.807) is 0 Å². The van der Waals surface area contributed by atoms with Gasteiger partial charge in [0.15, 0.2) is 0 Å². The summed E-state index contributed by atoms with van der Waals surface area (Å²) in [7, 11) is 2.04. The second-order valence-electron chi connectivity index (χ2n) is 5.52. The lowest BCUT2D eigenvalue weighted by molar-refractivity contribution is 0.130. The molecule has 1 aliphatic carbocycles. The topological polar surface area (TPSA) is 21.3 Å². The van der Waals surface area contributed by atoms with Crippen LogP contribution in [0.2, 0.25) is 0 Å². The van der Waals surface area contributed by atoms with Crippen LogP contribution in [0.5, 0.6) is 5.75 Å². The van der Waals surface area contributed by atoms with Gasteiger partial charge < -0.3 is 10.1 Å². The molecule has 0 radical (unpaired) electrons. The van der Waals surface area contributed by atoms with Gasteiger partial charge in [-0.05, 0) is 76.2 Å². The molecule has 0 heterocycles. The molecule has 2 rings (SSSR count). The Labute approximate surface area is 111 Å². The zero-order valence-corrected chi connectivity index (χ0v) is 11.8. The Morgan fingerprint density at radius 3 is 2.56 bits per heavy atom. The van der Waals surface area contributed by atoms with Crippen LogP contribution in [0.4, 0.5) is 0 Å². The first-order valence-electron chi connectivity index (χ1n) is 7.08. The Bertz CT molecular complexity index is 381. The molecule has 0 bridgehead atoms. The molecule has 0 unspecified atom stereocenters. The van der Waals surface area contributed by atoms with Gasteiger partial charge in [-0.15, -0.1) is 0 Å². The Morgan fingerprint density at radius 1 is 1.17 bits per heavy atom. The molecule has 1 aromatic carbocycles. The van der Waals surface area contributed by atoms with Gasteiger partial charge in [-0.3, -0.25) is 0 Å². The predicted molar refractivity (Wildman–Crippen MR) is 76.2 cm³/mol. The average molecular weight is 247 g/mol. The van der Waals surface area contributed by atoms with Gasteiger partial charge in [-0.25, -0.2) is 0 Å². The number of aryl methyl sites for hydroxylation is 1. The maximum atomic E-state index is 6.17. The fourth-order valence-electron chi connectivity index (χ4n) is 2.77. The Hall–Kier alpha value is -1.02. The highest BCUT2D eigenvalue weighted by atomic mass is 16.5. The van der Waals surface area contributed by atoms with Crippen molar-refractivity contribution in [1.82, 2.24) is 5.32 Å². The Kier molecular flexibility index (Phi) is 4.65. The van der Waals surface area contributed by atoms with Crippen LogP contribution in [0.15, 0.2) is 18.2 Å². The molecule has 1 saturated carbocycles. The molecule has 1 aliphatic rings. The van der Waals surface area contributed by atoms with Crippen LogP contribution in [0, 0.1) is 19.8 Å². The second-order valence-corrected chi connectivity index (χ2v) is 5.52. The van der Waals surface area contributed by atoms with E-state index in [4.69, 9.17) is 4.74 Å². The van der Waals surface area contributed by atoms with Crippen molar-refractivity contribution in [2.75, 3.05) is 13.6 Å². The van der Waals surface area contributed by atoms with E-state index < -0.39 is 0 Å². The molecule has 0 amide bonds. The van der Waals surface area contributed by atoms with Crippen molar-refractivity contribution >= 4 is 0 Å². The minimum Gasteiger partial charge on any atom is -0.490 e. The minimum atomic E-state index is 0.415. The predicted octanol–water partition coefficient (Wildman–Crippen LogP) is 3.46. The highest BCUT2D eigenvalue weighted by molar-refractivity contribution is 5.38. The summed E-state index contributed by atoms with van der Waals surface area (Å²) in [4.78, 5) is 0. The van der Waals surface area contributed by atoms with Crippen LogP contribution in [0.25, 0.3) is 0 Å². The molecule has 2 heteroatoms. The van der Waals surface area contributed by atoms with Crippen molar-refractivity contribution in [3.05, 3.63) is 29.3 Å². The quantitative estimate of drug-likeness (QED) is 0.879. The molecular formula is C16H25NO. The van der Waals surface area contributed by atoms with Gasteiger partial charge in [0.25, 0.3) is 0 Å². The van der Waals surface area contributed by atoms with Crippen LogP contribution in [0.1, 0.15) is 36.8 Å². The number of benzene rings is 1. The van der Waals surface area contributed by atoms with E-state index in [-0.39, 0.29) is 0 Å². The van der Waals surface area contributed by atoms with Crippen molar-refractivity contribution in [1.29, 1.82) is 0 Å². The third-order valence-corrected chi connectivity index (χ3v) is 4.14. The number of nitrogens with one attached hydrogen (secondary N) is 1. The molecule has 0 atom stereocenters. The summed E-state index contributed by atoms with van der Waals surface area (Å²) in [6.45, 7) is 5.44. The maximum absolute atomic E-state index is 6.17. The number of hydrogen-bond donors (Lipinski definition) is 1. The number of hydrogen-bond acceptors (Lipinski definition) is 2. The molecule has 2 nitrogen and oxygen atoms in total. The van der Waals surface area contributed by atoms with Crippen LogP contribution in [-0.2, 0) is 0 Å². The first-order chi connectivity index (χ1) is 8.70. The molecule has 18 heavy (non-hydrogen) atoms. The molecule has 0 aromatic heterocycles. The molecule has 0 aliphatic heterocycles. The van der Waals surface area contributed by atoms with Crippen molar-refractivity contribution in [3.8, 4) is 5.75 Å². The van der Waals surface area contributed by atoms with Crippen molar-refractivity contribution in [3.63, 3.8) is 0 Å². The lowest BCUT2D eigenvalue weighted by Gasteiger charge is -2.29. The summed E-state index contributed by atoms with van der Waals surface area (Å²) in [6, 6.07) is 6.33. The molecular weight excluding hydrogens is 222 g/mol. The summed E-state index contributed by atoms with van der Waals surface area (Å²) >= 11 is 0. The molecule has 1 N–H and O–H groups in total. The largest absolute Gasteiger partial charge is 0.490 e. The number of ether oxygens (including phenoxy) is 1.